The number of halogens is 1. The van der Waals surface area contributed by atoms with Gasteiger partial charge in [0.2, 0.25) is 0 Å². The van der Waals surface area contributed by atoms with Crippen LogP contribution in [0.5, 0.6) is 0 Å². The molecular formula is C13H17FO2S. The molecule has 1 heterocycles. The number of hydrogen-bond donors (Lipinski definition) is 1. The zero-order valence-corrected chi connectivity index (χ0v) is 10.8. The number of benzene rings is 1. The molecule has 1 fully saturated rings. The summed E-state index contributed by atoms with van der Waals surface area (Å²) in [6, 6.07) is 4.94. The maximum absolute atomic E-state index is 13.7. The minimum atomic E-state index is -0.781. The van der Waals surface area contributed by atoms with Crippen LogP contribution in [0.2, 0.25) is 0 Å². The highest BCUT2D eigenvalue weighted by Crippen LogP contribution is 2.37. The first-order chi connectivity index (χ1) is 8.09. The Morgan fingerprint density at radius 1 is 1.53 bits per heavy atom. The van der Waals surface area contributed by atoms with E-state index in [9.17, 15) is 9.50 Å². The Morgan fingerprint density at radius 2 is 2.29 bits per heavy atom. The Labute approximate surface area is 105 Å². The van der Waals surface area contributed by atoms with E-state index in [0.717, 1.165) is 17.9 Å². The number of rotatable bonds is 3. The quantitative estimate of drug-likeness (QED) is 0.901. The van der Waals surface area contributed by atoms with Crippen LogP contribution in [-0.2, 0) is 4.74 Å². The number of hydrogen-bond acceptors (Lipinski definition) is 3. The van der Waals surface area contributed by atoms with Crippen LogP contribution in [0, 0.1) is 5.82 Å². The van der Waals surface area contributed by atoms with Gasteiger partial charge in [-0.15, -0.1) is 11.8 Å². The highest BCUT2D eigenvalue weighted by atomic mass is 32.2. The summed E-state index contributed by atoms with van der Waals surface area (Å²) in [4.78, 5) is 0.822. The zero-order chi connectivity index (χ0) is 12.4. The van der Waals surface area contributed by atoms with Gasteiger partial charge < -0.3 is 9.84 Å². The third-order valence-corrected chi connectivity index (χ3v) is 4.55. The summed E-state index contributed by atoms with van der Waals surface area (Å²) in [6.45, 7) is 4.39. The molecule has 0 saturated carbocycles. The zero-order valence-electron chi connectivity index (χ0n) is 10.0. The van der Waals surface area contributed by atoms with Crippen molar-refractivity contribution in [1.82, 2.24) is 0 Å². The van der Waals surface area contributed by atoms with Crippen LogP contribution in [0.4, 0.5) is 4.39 Å². The SMILES string of the molecule is CC1OCCC1Sc1cccc(F)c1[C@@H](C)O. The molecular weight excluding hydrogens is 239 g/mol. The molecule has 2 rings (SSSR count). The second kappa shape index (κ2) is 5.38. The number of aliphatic hydroxyl groups is 1. The fourth-order valence-corrected chi connectivity index (χ4v) is 3.42. The van der Waals surface area contributed by atoms with E-state index in [1.165, 1.54) is 6.07 Å². The van der Waals surface area contributed by atoms with Crippen molar-refractivity contribution in [3.63, 3.8) is 0 Å². The molecule has 0 radical (unpaired) electrons. The highest BCUT2D eigenvalue weighted by molar-refractivity contribution is 8.00. The minimum absolute atomic E-state index is 0.185. The molecule has 1 aliphatic heterocycles. The maximum Gasteiger partial charge on any atom is 0.130 e. The van der Waals surface area contributed by atoms with Crippen molar-refractivity contribution in [3.8, 4) is 0 Å². The van der Waals surface area contributed by atoms with Gasteiger partial charge in [0.25, 0.3) is 0 Å². The summed E-state index contributed by atoms with van der Waals surface area (Å²) < 4.78 is 19.2. The summed E-state index contributed by atoms with van der Waals surface area (Å²) in [5.74, 6) is -0.337. The van der Waals surface area contributed by atoms with Crippen LogP contribution in [0.3, 0.4) is 0 Å². The van der Waals surface area contributed by atoms with Gasteiger partial charge >= 0.3 is 0 Å². The molecule has 0 aliphatic carbocycles. The van der Waals surface area contributed by atoms with Crippen LogP contribution in [0.15, 0.2) is 23.1 Å². The largest absolute Gasteiger partial charge is 0.389 e. The predicted octanol–water partition coefficient (Wildman–Crippen LogP) is 3.15. The lowest BCUT2D eigenvalue weighted by atomic mass is 10.1. The van der Waals surface area contributed by atoms with Gasteiger partial charge in [0.1, 0.15) is 5.82 Å². The van der Waals surface area contributed by atoms with Crippen LogP contribution in [-0.4, -0.2) is 23.1 Å². The van der Waals surface area contributed by atoms with Crippen molar-refractivity contribution in [2.45, 2.75) is 42.6 Å². The average molecular weight is 256 g/mol. The normalized spacial score (nSPS) is 26.1. The second-order valence-corrected chi connectivity index (χ2v) is 5.63. The first kappa shape index (κ1) is 12.9. The van der Waals surface area contributed by atoms with E-state index < -0.39 is 6.10 Å². The molecule has 3 atom stereocenters. The van der Waals surface area contributed by atoms with Crippen molar-refractivity contribution in [1.29, 1.82) is 0 Å². The smallest absolute Gasteiger partial charge is 0.130 e. The molecule has 0 spiro atoms. The summed E-state index contributed by atoms with van der Waals surface area (Å²) >= 11 is 1.60. The van der Waals surface area contributed by atoms with E-state index in [2.05, 4.69) is 0 Å². The Hall–Kier alpha value is -0.580. The molecule has 1 saturated heterocycles. The molecule has 1 N–H and O–H groups in total. The fraction of sp³-hybridized carbons (Fsp3) is 0.538. The molecule has 2 nitrogen and oxygen atoms in total. The Morgan fingerprint density at radius 3 is 2.88 bits per heavy atom. The minimum Gasteiger partial charge on any atom is -0.389 e. The molecule has 17 heavy (non-hydrogen) atoms. The number of thioether (sulfide) groups is 1. The van der Waals surface area contributed by atoms with E-state index in [-0.39, 0.29) is 11.9 Å². The summed E-state index contributed by atoms with van der Waals surface area (Å²) in [5, 5.41) is 9.98. The molecule has 1 aromatic rings. The van der Waals surface area contributed by atoms with Gasteiger partial charge in [0, 0.05) is 22.3 Å². The van der Waals surface area contributed by atoms with Gasteiger partial charge in [0.15, 0.2) is 0 Å². The monoisotopic (exact) mass is 256 g/mol. The van der Waals surface area contributed by atoms with Crippen LogP contribution >= 0.6 is 11.8 Å². The molecule has 1 aliphatic rings. The lowest BCUT2D eigenvalue weighted by Gasteiger charge is -2.17. The van der Waals surface area contributed by atoms with Crippen LogP contribution in [0.25, 0.3) is 0 Å². The van der Waals surface area contributed by atoms with Gasteiger partial charge in [-0.05, 0) is 32.4 Å². The Balaban J connectivity index is 2.23. The van der Waals surface area contributed by atoms with E-state index in [4.69, 9.17) is 4.74 Å². The van der Waals surface area contributed by atoms with E-state index in [0.29, 0.717) is 10.8 Å². The Bertz CT molecular complexity index is 395. The van der Waals surface area contributed by atoms with Crippen LogP contribution < -0.4 is 0 Å². The second-order valence-electron chi connectivity index (χ2n) is 4.35. The number of ether oxygens (including phenoxy) is 1. The van der Waals surface area contributed by atoms with Crippen molar-refractivity contribution in [2.75, 3.05) is 6.61 Å². The lowest BCUT2D eigenvalue weighted by Crippen LogP contribution is -2.14. The predicted molar refractivity (Wildman–Crippen MR) is 66.7 cm³/mol. The Kier molecular flexibility index (Phi) is 4.07. The van der Waals surface area contributed by atoms with E-state index in [1.807, 2.05) is 13.0 Å². The molecule has 0 bridgehead atoms. The first-order valence-corrected chi connectivity index (χ1v) is 6.72. The average Bonchev–Trinajstić information content (AvgIpc) is 2.64. The molecule has 2 unspecified atom stereocenters. The summed E-state index contributed by atoms with van der Waals surface area (Å²) in [5.41, 5.74) is 0.400. The van der Waals surface area contributed by atoms with Gasteiger partial charge in [-0.3, -0.25) is 0 Å². The van der Waals surface area contributed by atoms with Gasteiger partial charge in [0.05, 0.1) is 12.2 Å². The third-order valence-electron chi connectivity index (χ3n) is 3.02. The van der Waals surface area contributed by atoms with Gasteiger partial charge in [-0.25, -0.2) is 4.39 Å². The van der Waals surface area contributed by atoms with Crippen LogP contribution in [0.1, 0.15) is 31.9 Å². The topological polar surface area (TPSA) is 29.5 Å². The molecule has 0 amide bonds. The van der Waals surface area contributed by atoms with Crippen molar-refractivity contribution < 1.29 is 14.2 Å². The maximum atomic E-state index is 13.7. The molecule has 94 valence electrons. The number of aliphatic hydroxyl groups excluding tert-OH is 1. The first-order valence-electron chi connectivity index (χ1n) is 5.84. The van der Waals surface area contributed by atoms with Gasteiger partial charge in [-0.2, -0.15) is 0 Å². The van der Waals surface area contributed by atoms with Crippen molar-refractivity contribution in [3.05, 3.63) is 29.6 Å². The molecule has 0 aromatic heterocycles. The lowest BCUT2D eigenvalue weighted by molar-refractivity contribution is 0.127. The van der Waals surface area contributed by atoms with Gasteiger partial charge in [-0.1, -0.05) is 6.07 Å². The highest BCUT2D eigenvalue weighted by Gasteiger charge is 2.27. The fourth-order valence-electron chi connectivity index (χ4n) is 2.06. The van der Waals surface area contributed by atoms with Crippen molar-refractivity contribution >= 4 is 11.8 Å². The van der Waals surface area contributed by atoms with E-state index in [1.54, 1.807) is 24.8 Å². The molecule has 4 heteroatoms. The third kappa shape index (κ3) is 2.81. The summed E-state index contributed by atoms with van der Waals surface area (Å²) in [7, 11) is 0. The molecule has 1 aromatic carbocycles. The van der Waals surface area contributed by atoms with Crippen molar-refractivity contribution in [2.24, 2.45) is 0 Å². The van der Waals surface area contributed by atoms with E-state index >= 15 is 0 Å². The standard InChI is InChI=1S/C13H17FO2S/c1-8(15)13-10(14)4-3-5-12(13)17-11-6-7-16-9(11)2/h3-5,8-9,11,15H,6-7H2,1-2H3/t8-,9?,11?/m1/s1. The summed E-state index contributed by atoms with van der Waals surface area (Å²) in [6.07, 6.45) is 0.378.